The van der Waals surface area contributed by atoms with E-state index in [9.17, 15) is 4.79 Å². The maximum Gasteiger partial charge on any atom is 0.351 e. The number of carbonyl (C=O) groups is 1. The zero-order valence-corrected chi connectivity index (χ0v) is 8.30. The fourth-order valence-corrected chi connectivity index (χ4v) is 1.15. The Bertz CT molecular complexity index is 349. The van der Waals surface area contributed by atoms with E-state index in [0.29, 0.717) is 5.56 Å². The van der Waals surface area contributed by atoms with Gasteiger partial charge in [-0.2, -0.15) is 0 Å². The second-order valence-electron chi connectivity index (χ2n) is 3.24. The van der Waals surface area contributed by atoms with Crippen molar-refractivity contribution < 1.29 is 19.7 Å². The Morgan fingerprint density at radius 1 is 1.47 bits per heavy atom. The summed E-state index contributed by atoms with van der Waals surface area (Å²) in [4.78, 5) is 10.8. The Labute approximate surface area is 87.1 Å². The molecule has 15 heavy (non-hydrogen) atoms. The molecule has 0 saturated carbocycles. The van der Waals surface area contributed by atoms with Crippen LogP contribution in [0.5, 0.6) is 5.75 Å². The Morgan fingerprint density at radius 2 is 2.00 bits per heavy atom. The van der Waals surface area contributed by atoms with Gasteiger partial charge in [-0.1, -0.05) is 12.1 Å². The minimum Gasteiger partial charge on any atom is -0.508 e. The number of aliphatic carboxylic acids is 1. The van der Waals surface area contributed by atoms with Gasteiger partial charge in [-0.15, -0.1) is 0 Å². The van der Waals surface area contributed by atoms with Crippen LogP contribution in [0.3, 0.4) is 0 Å². The summed E-state index contributed by atoms with van der Waals surface area (Å²) in [5.41, 5.74) is 4.48. The third kappa shape index (κ3) is 2.68. The molecular weight excluding hydrogens is 198 g/mol. The Hall–Kier alpha value is -1.59. The predicted molar refractivity (Wildman–Crippen MR) is 53.4 cm³/mol. The van der Waals surface area contributed by atoms with Crippen LogP contribution in [0.2, 0.25) is 0 Å². The van der Waals surface area contributed by atoms with E-state index >= 15 is 0 Å². The molecule has 0 amide bonds. The van der Waals surface area contributed by atoms with Crippen LogP contribution >= 0.6 is 0 Å². The van der Waals surface area contributed by atoms with E-state index < -0.39 is 11.7 Å². The summed E-state index contributed by atoms with van der Waals surface area (Å²) in [5.74, 6) is -1.10. The molecule has 0 bridgehead atoms. The van der Waals surface area contributed by atoms with E-state index in [-0.39, 0.29) is 12.2 Å². The minimum atomic E-state index is -1.73. The molecule has 0 aliphatic rings. The van der Waals surface area contributed by atoms with Crippen LogP contribution in [0, 0.1) is 0 Å². The number of hydrogen-bond donors (Lipinski definition) is 3. The summed E-state index contributed by atoms with van der Waals surface area (Å²) in [6, 6.07) is 6.12. The van der Waals surface area contributed by atoms with Crippen molar-refractivity contribution in [3.05, 3.63) is 29.8 Å². The van der Waals surface area contributed by atoms with E-state index in [4.69, 9.17) is 20.7 Å². The molecule has 5 heteroatoms. The standard InChI is InChI=1S/C10H13NO4/c1-15-10(11,9(13)14)6-7-2-4-8(12)5-3-7/h2-5,12H,6,11H2,1H3,(H,13,14)/t10-/m1/s1. The van der Waals surface area contributed by atoms with Crippen molar-refractivity contribution in [2.24, 2.45) is 5.73 Å². The van der Waals surface area contributed by atoms with Crippen LogP contribution in [-0.2, 0) is 16.0 Å². The van der Waals surface area contributed by atoms with Crippen molar-refractivity contribution in [3.8, 4) is 5.75 Å². The highest BCUT2D eigenvalue weighted by Crippen LogP contribution is 2.15. The van der Waals surface area contributed by atoms with Gasteiger partial charge in [0.2, 0.25) is 5.72 Å². The monoisotopic (exact) mass is 211 g/mol. The van der Waals surface area contributed by atoms with Gasteiger partial charge in [-0.25, -0.2) is 4.79 Å². The second kappa shape index (κ2) is 4.29. The zero-order valence-electron chi connectivity index (χ0n) is 8.30. The van der Waals surface area contributed by atoms with Gasteiger partial charge in [0, 0.05) is 13.5 Å². The molecule has 0 spiro atoms. The molecule has 1 aromatic carbocycles. The highest BCUT2D eigenvalue weighted by atomic mass is 16.5. The van der Waals surface area contributed by atoms with Gasteiger partial charge in [-0.05, 0) is 17.7 Å². The zero-order chi connectivity index (χ0) is 11.5. The summed E-state index contributed by atoms with van der Waals surface area (Å²) in [7, 11) is 1.24. The molecule has 82 valence electrons. The Kier molecular flexibility index (Phi) is 3.28. The van der Waals surface area contributed by atoms with Gasteiger partial charge in [0.05, 0.1) is 0 Å². The second-order valence-corrected chi connectivity index (χ2v) is 3.24. The maximum absolute atomic E-state index is 10.8. The number of benzene rings is 1. The summed E-state index contributed by atoms with van der Waals surface area (Å²) in [6.07, 6.45) is 0.0408. The lowest BCUT2D eigenvalue weighted by atomic mass is 10.0. The van der Waals surface area contributed by atoms with Crippen LogP contribution in [0.4, 0.5) is 0 Å². The fourth-order valence-electron chi connectivity index (χ4n) is 1.15. The molecule has 0 saturated heterocycles. The minimum absolute atomic E-state index is 0.0408. The lowest BCUT2D eigenvalue weighted by molar-refractivity contribution is -0.161. The van der Waals surface area contributed by atoms with Crippen molar-refractivity contribution in [3.63, 3.8) is 0 Å². The van der Waals surface area contributed by atoms with Crippen LogP contribution in [0.25, 0.3) is 0 Å². The molecular formula is C10H13NO4. The van der Waals surface area contributed by atoms with E-state index in [1.807, 2.05) is 0 Å². The molecule has 0 aliphatic carbocycles. The number of phenolic OH excluding ortho intramolecular Hbond substituents is 1. The number of carboxylic acid groups (broad SMARTS) is 1. The molecule has 0 unspecified atom stereocenters. The molecule has 0 radical (unpaired) electrons. The molecule has 1 rings (SSSR count). The summed E-state index contributed by atoms with van der Waals surface area (Å²) >= 11 is 0. The highest BCUT2D eigenvalue weighted by molar-refractivity contribution is 5.77. The van der Waals surface area contributed by atoms with Gasteiger partial charge in [0.25, 0.3) is 0 Å². The Morgan fingerprint density at radius 3 is 2.40 bits per heavy atom. The molecule has 5 nitrogen and oxygen atoms in total. The number of ether oxygens (including phenoxy) is 1. The number of hydrogen-bond acceptors (Lipinski definition) is 4. The average molecular weight is 211 g/mol. The first-order valence-electron chi connectivity index (χ1n) is 4.33. The fraction of sp³-hybridized carbons (Fsp3) is 0.300. The number of rotatable bonds is 4. The number of carboxylic acids is 1. The molecule has 0 fully saturated rings. The molecule has 0 aromatic heterocycles. The molecule has 0 heterocycles. The van der Waals surface area contributed by atoms with Gasteiger partial charge in [-0.3, -0.25) is 5.73 Å². The SMILES string of the molecule is CO[C@](N)(Cc1ccc(O)cc1)C(=O)O. The van der Waals surface area contributed by atoms with Crippen LogP contribution in [0.1, 0.15) is 5.56 Å². The summed E-state index contributed by atoms with van der Waals surface area (Å²) in [5, 5.41) is 17.9. The topological polar surface area (TPSA) is 92.8 Å². The number of nitrogens with two attached hydrogens (primary N) is 1. The molecule has 4 N–H and O–H groups in total. The molecule has 0 aliphatic heterocycles. The van der Waals surface area contributed by atoms with Crippen LogP contribution in [0.15, 0.2) is 24.3 Å². The van der Waals surface area contributed by atoms with Crippen molar-refractivity contribution in [2.75, 3.05) is 7.11 Å². The van der Waals surface area contributed by atoms with Crippen molar-refractivity contribution in [1.82, 2.24) is 0 Å². The van der Waals surface area contributed by atoms with Crippen molar-refractivity contribution >= 4 is 5.97 Å². The number of methoxy groups -OCH3 is 1. The van der Waals surface area contributed by atoms with Crippen LogP contribution in [-0.4, -0.2) is 29.0 Å². The first-order valence-corrected chi connectivity index (χ1v) is 4.33. The largest absolute Gasteiger partial charge is 0.508 e. The van der Waals surface area contributed by atoms with Crippen LogP contribution < -0.4 is 5.73 Å². The third-order valence-corrected chi connectivity index (χ3v) is 2.13. The number of phenols is 1. The van der Waals surface area contributed by atoms with E-state index in [0.717, 1.165) is 0 Å². The van der Waals surface area contributed by atoms with Crippen molar-refractivity contribution in [2.45, 2.75) is 12.1 Å². The van der Waals surface area contributed by atoms with Gasteiger partial charge >= 0.3 is 5.97 Å². The highest BCUT2D eigenvalue weighted by Gasteiger charge is 2.33. The smallest absolute Gasteiger partial charge is 0.351 e. The first kappa shape index (κ1) is 11.5. The van der Waals surface area contributed by atoms with Gasteiger partial charge in [0.1, 0.15) is 5.75 Å². The maximum atomic E-state index is 10.8. The molecule has 1 atom stereocenters. The van der Waals surface area contributed by atoms with Gasteiger partial charge in [0.15, 0.2) is 0 Å². The quantitative estimate of drug-likeness (QED) is 0.624. The summed E-state index contributed by atoms with van der Waals surface area (Å²) < 4.78 is 4.75. The summed E-state index contributed by atoms with van der Waals surface area (Å²) in [6.45, 7) is 0. The first-order chi connectivity index (χ1) is 6.98. The third-order valence-electron chi connectivity index (χ3n) is 2.13. The predicted octanol–water partition coefficient (Wildman–Crippen LogP) is 0.321. The van der Waals surface area contributed by atoms with E-state index in [1.54, 1.807) is 12.1 Å². The number of aromatic hydroxyl groups is 1. The Balaban J connectivity index is 2.84. The molecule has 1 aromatic rings. The lowest BCUT2D eigenvalue weighted by Crippen LogP contribution is -2.51. The average Bonchev–Trinajstić information content (AvgIpc) is 2.21. The van der Waals surface area contributed by atoms with E-state index in [2.05, 4.69) is 0 Å². The normalized spacial score (nSPS) is 14.5. The van der Waals surface area contributed by atoms with Gasteiger partial charge < -0.3 is 14.9 Å². The lowest BCUT2D eigenvalue weighted by Gasteiger charge is -2.22. The van der Waals surface area contributed by atoms with E-state index in [1.165, 1.54) is 19.2 Å². The van der Waals surface area contributed by atoms with Crippen molar-refractivity contribution in [1.29, 1.82) is 0 Å².